The van der Waals surface area contributed by atoms with E-state index >= 15 is 0 Å². The highest BCUT2D eigenvalue weighted by atomic mass is 16.5. The van der Waals surface area contributed by atoms with Gasteiger partial charge in [0.15, 0.2) is 5.78 Å². The minimum absolute atomic E-state index is 0.130. The Balaban J connectivity index is 2.14. The third-order valence-corrected chi connectivity index (χ3v) is 2.78. The number of ether oxygens (including phenoxy) is 2. The molecule has 0 saturated carbocycles. The van der Waals surface area contributed by atoms with E-state index in [2.05, 4.69) is 5.32 Å². The second kappa shape index (κ2) is 5.52. The predicted molar refractivity (Wildman–Crippen MR) is 65.7 cm³/mol. The molecule has 1 aromatic carbocycles. The highest BCUT2D eigenvalue weighted by molar-refractivity contribution is 6.06. The number of hydrogen-bond donors (Lipinski definition) is 1. The Labute approximate surface area is 105 Å². The Hall–Kier alpha value is -2.06. The van der Waals surface area contributed by atoms with Crippen LogP contribution in [0.2, 0.25) is 0 Å². The number of ketones is 1. The number of nitrogens with zero attached hydrogens (tertiary/aromatic N) is 1. The lowest BCUT2D eigenvalue weighted by molar-refractivity contribution is 0.0950. The summed E-state index contributed by atoms with van der Waals surface area (Å²) in [6.07, 6.45) is 0. The number of anilines is 1. The van der Waals surface area contributed by atoms with E-state index in [4.69, 9.17) is 14.7 Å². The number of benzene rings is 1. The second-order valence-electron chi connectivity index (χ2n) is 3.98. The van der Waals surface area contributed by atoms with Gasteiger partial charge in [-0.2, -0.15) is 5.26 Å². The molecule has 1 N–H and O–H groups in total. The van der Waals surface area contributed by atoms with Gasteiger partial charge in [-0.1, -0.05) is 0 Å². The van der Waals surface area contributed by atoms with Crippen LogP contribution in [-0.4, -0.2) is 32.7 Å². The summed E-state index contributed by atoms with van der Waals surface area (Å²) < 4.78 is 10.4. The first-order valence-corrected chi connectivity index (χ1v) is 5.69. The smallest absolute Gasteiger partial charge is 0.183 e. The van der Waals surface area contributed by atoms with E-state index in [1.54, 1.807) is 25.3 Å². The molecule has 18 heavy (non-hydrogen) atoms. The summed E-state index contributed by atoms with van der Waals surface area (Å²) >= 11 is 0. The van der Waals surface area contributed by atoms with Gasteiger partial charge in [-0.05, 0) is 12.1 Å². The fraction of sp³-hybridized carbons (Fsp3) is 0.385. The Morgan fingerprint density at radius 3 is 3.06 bits per heavy atom. The van der Waals surface area contributed by atoms with Gasteiger partial charge < -0.3 is 14.8 Å². The highest BCUT2D eigenvalue weighted by Gasteiger charge is 2.27. The van der Waals surface area contributed by atoms with Crippen LogP contribution in [-0.2, 0) is 4.74 Å². The normalized spacial score (nSPS) is 17.6. The molecule has 1 atom stereocenters. The number of hydrogen-bond acceptors (Lipinski definition) is 5. The molecule has 0 aromatic heterocycles. The number of Topliss-reactive ketones (excluding diaryl/α,β-unsaturated/α-hetero) is 1. The van der Waals surface area contributed by atoms with Crippen LogP contribution >= 0.6 is 0 Å². The molecule has 0 amide bonds. The molecule has 0 bridgehead atoms. The highest BCUT2D eigenvalue weighted by Crippen LogP contribution is 2.28. The molecule has 1 aromatic rings. The van der Waals surface area contributed by atoms with Gasteiger partial charge in [-0.25, -0.2) is 0 Å². The standard InChI is InChI=1S/C13H14N2O3/c1-17-4-5-18-10-2-3-11-12(6-10)15-8-9(7-14)13(11)16/h2-3,6,9,15H,4-5,8H2,1H3. The summed E-state index contributed by atoms with van der Waals surface area (Å²) in [4.78, 5) is 11.9. The fourth-order valence-electron chi connectivity index (χ4n) is 1.81. The van der Waals surface area contributed by atoms with E-state index in [1.807, 2.05) is 6.07 Å². The Kier molecular flexibility index (Phi) is 3.80. The third kappa shape index (κ3) is 2.44. The molecular formula is C13H14N2O3. The number of rotatable bonds is 4. The van der Waals surface area contributed by atoms with Gasteiger partial charge in [0.2, 0.25) is 0 Å². The summed E-state index contributed by atoms with van der Waals surface area (Å²) in [5, 5.41) is 11.9. The number of methoxy groups -OCH3 is 1. The minimum atomic E-state index is -0.599. The molecule has 0 aliphatic carbocycles. The van der Waals surface area contributed by atoms with Crippen molar-refractivity contribution in [3.8, 4) is 11.8 Å². The van der Waals surface area contributed by atoms with Crippen LogP contribution in [0.5, 0.6) is 5.75 Å². The number of nitrogens with one attached hydrogen (secondary N) is 1. The van der Waals surface area contributed by atoms with Gasteiger partial charge in [0, 0.05) is 31.0 Å². The molecule has 0 saturated heterocycles. The molecule has 0 radical (unpaired) electrons. The lowest BCUT2D eigenvalue weighted by Gasteiger charge is -2.21. The van der Waals surface area contributed by atoms with Gasteiger partial charge >= 0.3 is 0 Å². The maximum absolute atomic E-state index is 11.9. The molecular weight excluding hydrogens is 232 g/mol. The Bertz CT molecular complexity index is 493. The largest absolute Gasteiger partial charge is 0.491 e. The van der Waals surface area contributed by atoms with Crippen LogP contribution in [0.15, 0.2) is 18.2 Å². The second-order valence-corrected chi connectivity index (χ2v) is 3.98. The van der Waals surface area contributed by atoms with Crippen molar-refractivity contribution in [1.82, 2.24) is 0 Å². The van der Waals surface area contributed by atoms with E-state index in [0.717, 1.165) is 5.69 Å². The summed E-state index contributed by atoms with van der Waals surface area (Å²) in [5.74, 6) is -0.0473. The van der Waals surface area contributed by atoms with Crippen LogP contribution in [0.1, 0.15) is 10.4 Å². The van der Waals surface area contributed by atoms with Gasteiger partial charge in [-0.3, -0.25) is 4.79 Å². The molecule has 2 rings (SSSR count). The number of carbonyl (C=O) groups excluding carboxylic acids is 1. The molecule has 1 aliphatic heterocycles. The van der Waals surface area contributed by atoms with Crippen LogP contribution in [0, 0.1) is 17.2 Å². The monoisotopic (exact) mass is 246 g/mol. The van der Waals surface area contributed by atoms with Crippen LogP contribution in [0.3, 0.4) is 0 Å². The third-order valence-electron chi connectivity index (χ3n) is 2.78. The van der Waals surface area contributed by atoms with Crippen molar-refractivity contribution >= 4 is 11.5 Å². The van der Waals surface area contributed by atoms with Crippen molar-refractivity contribution in [2.75, 3.05) is 32.2 Å². The lowest BCUT2D eigenvalue weighted by atomic mass is 9.93. The Morgan fingerprint density at radius 2 is 2.33 bits per heavy atom. The van der Waals surface area contributed by atoms with Crippen LogP contribution in [0.4, 0.5) is 5.69 Å². The first-order chi connectivity index (χ1) is 8.76. The fourth-order valence-corrected chi connectivity index (χ4v) is 1.81. The van der Waals surface area contributed by atoms with Crippen molar-refractivity contribution in [2.24, 2.45) is 5.92 Å². The van der Waals surface area contributed by atoms with Crippen LogP contribution < -0.4 is 10.1 Å². The summed E-state index contributed by atoms with van der Waals surface area (Å²) in [6, 6.07) is 7.19. The van der Waals surface area contributed by atoms with Gasteiger partial charge in [0.1, 0.15) is 18.3 Å². The zero-order chi connectivity index (χ0) is 13.0. The summed E-state index contributed by atoms with van der Waals surface area (Å²) in [6.45, 7) is 1.33. The van der Waals surface area contributed by atoms with Crippen molar-refractivity contribution in [2.45, 2.75) is 0 Å². The van der Waals surface area contributed by atoms with E-state index in [1.165, 1.54) is 0 Å². The van der Waals surface area contributed by atoms with Crippen molar-refractivity contribution in [1.29, 1.82) is 5.26 Å². The molecule has 1 aliphatic rings. The van der Waals surface area contributed by atoms with E-state index in [9.17, 15) is 4.79 Å². The van der Waals surface area contributed by atoms with Gasteiger partial charge in [-0.15, -0.1) is 0 Å². The number of carbonyl (C=O) groups is 1. The molecule has 1 heterocycles. The van der Waals surface area contributed by atoms with E-state index in [-0.39, 0.29) is 5.78 Å². The zero-order valence-electron chi connectivity index (χ0n) is 10.1. The average Bonchev–Trinajstić information content (AvgIpc) is 2.39. The zero-order valence-corrected chi connectivity index (χ0v) is 10.1. The number of fused-ring (bicyclic) bond motifs is 1. The Morgan fingerprint density at radius 1 is 1.50 bits per heavy atom. The first-order valence-electron chi connectivity index (χ1n) is 5.69. The van der Waals surface area contributed by atoms with Crippen molar-refractivity contribution in [3.63, 3.8) is 0 Å². The topological polar surface area (TPSA) is 71.3 Å². The van der Waals surface area contributed by atoms with E-state index in [0.29, 0.717) is 31.1 Å². The maximum Gasteiger partial charge on any atom is 0.183 e. The molecule has 5 nitrogen and oxygen atoms in total. The predicted octanol–water partition coefficient (Wildman–Crippen LogP) is 1.46. The van der Waals surface area contributed by atoms with Crippen molar-refractivity contribution in [3.05, 3.63) is 23.8 Å². The quantitative estimate of drug-likeness (QED) is 0.814. The van der Waals surface area contributed by atoms with Gasteiger partial charge in [0.25, 0.3) is 0 Å². The summed E-state index contributed by atoms with van der Waals surface area (Å²) in [5.41, 5.74) is 1.27. The maximum atomic E-state index is 11.9. The number of nitriles is 1. The molecule has 0 spiro atoms. The lowest BCUT2D eigenvalue weighted by Crippen LogP contribution is -2.28. The SMILES string of the molecule is COCCOc1ccc2c(c1)NCC(C#N)C2=O. The summed E-state index contributed by atoms with van der Waals surface area (Å²) in [7, 11) is 1.61. The average molecular weight is 246 g/mol. The van der Waals surface area contributed by atoms with E-state index < -0.39 is 5.92 Å². The first kappa shape index (κ1) is 12.4. The molecule has 5 heteroatoms. The van der Waals surface area contributed by atoms with Gasteiger partial charge in [0.05, 0.1) is 12.7 Å². The molecule has 0 fully saturated rings. The molecule has 94 valence electrons. The molecule has 1 unspecified atom stereocenters. The minimum Gasteiger partial charge on any atom is -0.491 e. The van der Waals surface area contributed by atoms with Crippen molar-refractivity contribution < 1.29 is 14.3 Å². The van der Waals surface area contributed by atoms with Crippen LogP contribution in [0.25, 0.3) is 0 Å².